The van der Waals surface area contributed by atoms with Gasteiger partial charge in [-0.1, -0.05) is 18.6 Å². The molecule has 2 aliphatic rings. The summed E-state index contributed by atoms with van der Waals surface area (Å²) in [4.78, 5) is 28.4. The predicted octanol–water partition coefficient (Wildman–Crippen LogP) is 2.63. The second-order valence-corrected chi connectivity index (χ2v) is 6.39. The molecule has 0 unspecified atom stereocenters. The highest BCUT2D eigenvalue weighted by Crippen LogP contribution is 2.28. The highest BCUT2D eigenvalue weighted by atomic mass is 16.2. The number of anilines is 2. The van der Waals surface area contributed by atoms with Crippen LogP contribution in [0.2, 0.25) is 0 Å². The Bertz CT molecular complexity index is 567. The Morgan fingerprint density at radius 3 is 2.57 bits per heavy atom. The van der Waals surface area contributed by atoms with Crippen LogP contribution >= 0.6 is 0 Å². The number of nitrogens with zero attached hydrogens (tertiary/aromatic N) is 2. The van der Waals surface area contributed by atoms with E-state index >= 15 is 0 Å². The zero-order chi connectivity index (χ0) is 16.1. The number of carbonyl (C=O) groups is 2. The lowest BCUT2D eigenvalue weighted by Crippen LogP contribution is -2.37. The van der Waals surface area contributed by atoms with Crippen molar-refractivity contribution in [2.75, 3.05) is 36.4 Å². The van der Waals surface area contributed by atoms with E-state index < -0.39 is 0 Å². The minimum Gasteiger partial charge on any atom is -0.370 e. The molecule has 0 radical (unpaired) electrons. The molecule has 1 N–H and O–H groups in total. The van der Waals surface area contributed by atoms with Crippen LogP contribution in [0, 0.1) is 0 Å². The number of likely N-dealkylation sites (tertiary alicyclic amines) is 1. The van der Waals surface area contributed by atoms with Gasteiger partial charge in [-0.05, 0) is 37.8 Å². The van der Waals surface area contributed by atoms with E-state index in [2.05, 4.69) is 16.3 Å². The largest absolute Gasteiger partial charge is 0.370 e. The van der Waals surface area contributed by atoms with Gasteiger partial charge in [0.1, 0.15) is 0 Å². The molecule has 0 atom stereocenters. The molecular formula is C18H25N3O2. The van der Waals surface area contributed by atoms with Crippen LogP contribution in [0.5, 0.6) is 0 Å². The second-order valence-electron chi connectivity index (χ2n) is 6.39. The number of carbonyl (C=O) groups excluding carboxylic acids is 2. The molecule has 2 fully saturated rings. The van der Waals surface area contributed by atoms with Gasteiger partial charge in [0, 0.05) is 26.1 Å². The summed E-state index contributed by atoms with van der Waals surface area (Å²) in [5, 5.41) is 3.00. The average molecular weight is 315 g/mol. The maximum atomic E-state index is 12.4. The van der Waals surface area contributed by atoms with Gasteiger partial charge in [0.25, 0.3) is 0 Å². The minimum absolute atomic E-state index is 0.102. The maximum Gasteiger partial charge on any atom is 0.244 e. The van der Waals surface area contributed by atoms with Crippen LogP contribution in [0.15, 0.2) is 24.3 Å². The zero-order valence-electron chi connectivity index (χ0n) is 13.6. The zero-order valence-corrected chi connectivity index (χ0v) is 13.6. The van der Waals surface area contributed by atoms with Crippen LogP contribution in [-0.2, 0) is 9.59 Å². The summed E-state index contributed by atoms with van der Waals surface area (Å²) in [7, 11) is 0. The molecule has 3 rings (SSSR count). The number of rotatable bonds is 4. The third kappa shape index (κ3) is 4.03. The highest BCUT2D eigenvalue weighted by Gasteiger charge is 2.21. The van der Waals surface area contributed by atoms with E-state index in [0.29, 0.717) is 13.0 Å². The summed E-state index contributed by atoms with van der Waals surface area (Å²) in [5.74, 6) is -0.00243. The van der Waals surface area contributed by atoms with Crippen LogP contribution in [0.25, 0.3) is 0 Å². The van der Waals surface area contributed by atoms with Crippen molar-refractivity contribution in [3.8, 4) is 0 Å². The van der Waals surface area contributed by atoms with Gasteiger partial charge in [-0.15, -0.1) is 0 Å². The third-order valence-electron chi connectivity index (χ3n) is 4.63. The fourth-order valence-corrected chi connectivity index (χ4v) is 3.38. The molecule has 0 saturated carbocycles. The summed E-state index contributed by atoms with van der Waals surface area (Å²) in [6.45, 7) is 2.93. The fourth-order valence-electron chi connectivity index (χ4n) is 3.38. The summed E-state index contributed by atoms with van der Waals surface area (Å²) >= 11 is 0. The summed E-state index contributed by atoms with van der Waals surface area (Å²) in [5.41, 5.74) is 1.93. The average Bonchev–Trinajstić information content (AvgIpc) is 3.00. The molecule has 1 aromatic rings. The van der Waals surface area contributed by atoms with Gasteiger partial charge < -0.3 is 15.1 Å². The number of hydrogen-bond acceptors (Lipinski definition) is 3. The number of hydrogen-bond donors (Lipinski definition) is 1. The van der Waals surface area contributed by atoms with Crippen molar-refractivity contribution in [1.82, 2.24) is 4.90 Å². The quantitative estimate of drug-likeness (QED) is 0.929. The lowest BCUT2D eigenvalue weighted by Gasteiger charge is -2.23. The first kappa shape index (κ1) is 15.8. The van der Waals surface area contributed by atoms with Crippen LogP contribution in [0.3, 0.4) is 0 Å². The van der Waals surface area contributed by atoms with Crippen LogP contribution in [-0.4, -0.2) is 42.9 Å². The molecule has 23 heavy (non-hydrogen) atoms. The van der Waals surface area contributed by atoms with E-state index in [0.717, 1.165) is 43.7 Å². The van der Waals surface area contributed by atoms with Gasteiger partial charge >= 0.3 is 0 Å². The first-order valence-corrected chi connectivity index (χ1v) is 8.65. The molecule has 2 amide bonds. The van der Waals surface area contributed by atoms with Crippen LogP contribution in [0.4, 0.5) is 11.4 Å². The van der Waals surface area contributed by atoms with Crippen molar-refractivity contribution < 1.29 is 9.59 Å². The first-order valence-electron chi connectivity index (χ1n) is 8.65. The Morgan fingerprint density at radius 1 is 1.00 bits per heavy atom. The lowest BCUT2D eigenvalue weighted by atomic mass is 10.2. The third-order valence-corrected chi connectivity index (χ3v) is 4.63. The Kier molecular flexibility index (Phi) is 5.16. The minimum atomic E-state index is -0.105. The number of nitrogens with one attached hydrogen (secondary N) is 1. The Balaban J connectivity index is 1.64. The molecule has 0 aromatic heterocycles. The first-order chi connectivity index (χ1) is 11.2. The second kappa shape index (κ2) is 7.49. The standard InChI is InChI=1S/C18H25N3O2/c22-17(14-21-13-5-1-2-10-18(21)23)19-15-8-3-4-9-16(15)20-11-6-7-12-20/h3-4,8-9H,1-2,5-7,10-14H2,(H,19,22). The van der Waals surface area contributed by atoms with E-state index in [9.17, 15) is 9.59 Å². The lowest BCUT2D eigenvalue weighted by molar-refractivity contribution is -0.134. The van der Waals surface area contributed by atoms with Gasteiger partial charge in [-0.25, -0.2) is 0 Å². The van der Waals surface area contributed by atoms with E-state index in [-0.39, 0.29) is 18.4 Å². The molecule has 0 aliphatic carbocycles. The normalized spacial score (nSPS) is 18.9. The Labute approximate surface area is 137 Å². The van der Waals surface area contributed by atoms with E-state index in [1.165, 1.54) is 12.8 Å². The Morgan fingerprint density at radius 2 is 1.74 bits per heavy atom. The maximum absolute atomic E-state index is 12.4. The molecule has 2 heterocycles. The number of para-hydroxylation sites is 2. The van der Waals surface area contributed by atoms with Crippen molar-refractivity contribution in [3.05, 3.63) is 24.3 Å². The van der Waals surface area contributed by atoms with E-state index in [1.54, 1.807) is 4.90 Å². The van der Waals surface area contributed by atoms with Crippen molar-refractivity contribution in [2.24, 2.45) is 0 Å². The molecular weight excluding hydrogens is 290 g/mol. The van der Waals surface area contributed by atoms with Crippen molar-refractivity contribution in [3.63, 3.8) is 0 Å². The molecule has 0 bridgehead atoms. The topological polar surface area (TPSA) is 52.7 Å². The van der Waals surface area contributed by atoms with Gasteiger partial charge in [0.15, 0.2) is 0 Å². The monoisotopic (exact) mass is 315 g/mol. The van der Waals surface area contributed by atoms with E-state index in [1.807, 2.05) is 18.2 Å². The van der Waals surface area contributed by atoms with Crippen molar-refractivity contribution in [2.45, 2.75) is 38.5 Å². The van der Waals surface area contributed by atoms with Crippen LogP contribution in [0.1, 0.15) is 38.5 Å². The Hall–Kier alpha value is -2.04. The van der Waals surface area contributed by atoms with Gasteiger partial charge in [-0.3, -0.25) is 9.59 Å². The van der Waals surface area contributed by atoms with Gasteiger partial charge in [0.05, 0.1) is 17.9 Å². The van der Waals surface area contributed by atoms with E-state index in [4.69, 9.17) is 0 Å². The molecule has 1 aromatic carbocycles. The molecule has 124 valence electrons. The number of benzene rings is 1. The predicted molar refractivity (Wildman–Crippen MR) is 91.6 cm³/mol. The van der Waals surface area contributed by atoms with Crippen LogP contribution < -0.4 is 10.2 Å². The highest BCUT2D eigenvalue weighted by molar-refractivity contribution is 5.97. The number of amides is 2. The van der Waals surface area contributed by atoms with Crippen molar-refractivity contribution in [1.29, 1.82) is 0 Å². The van der Waals surface area contributed by atoms with Gasteiger partial charge in [0.2, 0.25) is 11.8 Å². The molecule has 2 saturated heterocycles. The molecule has 5 nitrogen and oxygen atoms in total. The van der Waals surface area contributed by atoms with Gasteiger partial charge in [-0.2, -0.15) is 0 Å². The van der Waals surface area contributed by atoms with Crippen molar-refractivity contribution >= 4 is 23.2 Å². The molecule has 2 aliphatic heterocycles. The SMILES string of the molecule is O=C(CN1CCCCCC1=O)Nc1ccccc1N1CCCC1. The summed E-state index contributed by atoms with van der Waals surface area (Å²) in [6.07, 6.45) is 5.96. The summed E-state index contributed by atoms with van der Waals surface area (Å²) in [6, 6.07) is 7.93. The fraction of sp³-hybridized carbons (Fsp3) is 0.556. The smallest absolute Gasteiger partial charge is 0.244 e. The summed E-state index contributed by atoms with van der Waals surface area (Å²) < 4.78 is 0. The molecule has 5 heteroatoms. The molecule has 0 spiro atoms.